The number of carbonyl (C=O) groups excluding carboxylic acids is 11. The number of rotatable bonds is 14. The molecule has 12 atom stereocenters. The van der Waals surface area contributed by atoms with Gasteiger partial charge in [-0.2, -0.15) is 0 Å². The number of hydrogen-bond acceptors (Lipinski definition) is 13. The number of nitrogens with zero attached hydrogens (tertiary/aromatic N) is 6. The number of piperidine rings is 1. The Balaban J connectivity index is 1.60. The lowest BCUT2D eigenvalue weighted by Crippen LogP contribution is -2.61. The number of benzene rings is 2. The Bertz CT molecular complexity index is 2850. The molecule has 24 heteroatoms. The van der Waals surface area contributed by atoms with E-state index in [4.69, 9.17) is 0 Å². The van der Waals surface area contributed by atoms with Gasteiger partial charge in [0.25, 0.3) is 0 Å². The average Bonchev–Trinajstić information content (AvgIpc) is 1.83. The van der Waals surface area contributed by atoms with Gasteiger partial charge in [0.05, 0.1) is 18.6 Å². The highest BCUT2D eigenvalue weighted by Gasteiger charge is 2.44. The fourth-order valence-electron chi connectivity index (χ4n) is 12.5. The van der Waals surface area contributed by atoms with Crippen molar-refractivity contribution in [3.63, 3.8) is 0 Å². The molecule has 11 amide bonds. The summed E-state index contributed by atoms with van der Waals surface area (Å²) in [4.78, 5) is 170. The van der Waals surface area contributed by atoms with Crippen LogP contribution >= 0.6 is 0 Å². The van der Waals surface area contributed by atoms with E-state index >= 15 is 4.79 Å². The van der Waals surface area contributed by atoms with Gasteiger partial charge in [-0.25, -0.2) is 0 Å². The molecule has 0 radical (unpaired) electrons. The van der Waals surface area contributed by atoms with Gasteiger partial charge in [-0.15, -0.1) is 0 Å². The summed E-state index contributed by atoms with van der Waals surface area (Å²) in [6, 6.07) is 5.62. The summed E-state index contributed by atoms with van der Waals surface area (Å²) < 4.78 is 0. The van der Waals surface area contributed by atoms with Crippen molar-refractivity contribution in [2.75, 3.05) is 60.9 Å². The first-order valence-corrected chi connectivity index (χ1v) is 33.6. The Morgan fingerprint density at radius 2 is 1.06 bits per heavy atom. The van der Waals surface area contributed by atoms with Crippen LogP contribution in [0.15, 0.2) is 60.7 Å². The monoisotopic (exact) mass is 1300 g/mol. The number of hydrogen-bond donors (Lipinski definition) is 7. The minimum absolute atomic E-state index is 0.0186. The molecular formula is C69H108N12O12. The minimum Gasteiger partial charge on any atom is -0.391 e. The second-order valence-corrected chi connectivity index (χ2v) is 27.2. The van der Waals surface area contributed by atoms with Crippen LogP contribution in [0.5, 0.6) is 0 Å². The van der Waals surface area contributed by atoms with Gasteiger partial charge < -0.3 is 61.5 Å². The number of amides is 11. The number of carbonyl (C=O) groups is 11. The fraction of sp³-hybridized carbons (Fsp3) is 0.667. The van der Waals surface area contributed by atoms with Crippen LogP contribution in [0.2, 0.25) is 0 Å². The van der Waals surface area contributed by atoms with Crippen LogP contribution in [0.25, 0.3) is 0 Å². The Morgan fingerprint density at radius 3 is 1.62 bits per heavy atom. The number of likely N-dealkylation sites (N-methyl/N-ethyl adjacent to an activating group) is 4. The SMILES string of the molecule is CC[C@H](C)[C@H]1C(=O)NCCN(C)[C@@H](CC(C)C)C(=O)N[C@@H]([C@@H](C)O)C(=O)N2CCC[C@H]2C(=O)N[C@@H](Cc2ccccc2)C(=O)N[C@H](C(=O)N2CCCCC2)CC(=O)N(C)[C@@H](C)C(=O)N[C@@H](Cc2ccccc2)C(=O)N(C)[C@@H](CC(C)C)C(=O)N[C@@H](CC(C)C)C(=O)N1C. The Kier molecular flexibility index (Phi) is 29.7. The van der Waals surface area contributed by atoms with Crippen LogP contribution in [0.1, 0.15) is 145 Å². The van der Waals surface area contributed by atoms with Gasteiger partial charge >= 0.3 is 0 Å². The van der Waals surface area contributed by atoms with Crippen molar-refractivity contribution in [2.45, 2.75) is 213 Å². The fourth-order valence-corrected chi connectivity index (χ4v) is 12.5. The zero-order valence-corrected chi connectivity index (χ0v) is 57.6. The number of fused-ring (bicyclic) bond motifs is 1. The summed E-state index contributed by atoms with van der Waals surface area (Å²) in [7, 11) is 6.08. The highest BCUT2D eigenvalue weighted by Crippen LogP contribution is 2.24. The number of aliphatic hydroxyl groups excluding tert-OH is 1. The molecule has 0 unspecified atom stereocenters. The molecule has 24 nitrogen and oxygen atoms in total. The van der Waals surface area contributed by atoms with Crippen LogP contribution < -0.4 is 31.9 Å². The first-order chi connectivity index (χ1) is 43.9. The van der Waals surface area contributed by atoms with Crippen LogP contribution in [0, 0.1) is 23.7 Å². The lowest BCUT2D eigenvalue weighted by atomic mass is 9.94. The third kappa shape index (κ3) is 21.8. The van der Waals surface area contributed by atoms with Gasteiger partial charge in [0.15, 0.2) is 0 Å². The van der Waals surface area contributed by atoms with Crippen molar-refractivity contribution in [3.05, 3.63) is 71.8 Å². The predicted octanol–water partition coefficient (Wildman–Crippen LogP) is 2.79. The van der Waals surface area contributed by atoms with E-state index in [1.165, 1.54) is 49.7 Å². The lowest BCUT2D eigenvalue weighted by molar-refractivity contribution is -0.147. The molecule has 5 rings (SSSR count). The molecule has 516 valence electrons. The van der Waals surface area contributed by atoms with Gasteiger partial charge in [0.1, 0.15) is 54.4 Å². The van der Waals surface area contributed by atoms with Crippen molar-refractivity contribution >= 4 is 65.0 Å². The van der Waals surface area contributed by atoms with Crippen molar-refractivity contribution < 1.29 is 57.8 Å². The molecule has 0 aromatic heterocycles. The van der Waals surface area contributed by atoms with Crippen LogP contribution in [0.3, 0.4) is 0 Å². The van der Waals surface area contributed by atoms with Crippen molar-refractivity contribution in [2.24, 2.45) is 23.7 Å². The van der Waals surface area contributed by atoms with Crippen molar-refractivity contribution in [3.8, 4) is 0 Å². The first-order valence-electron chi connectivity index (χ1n) is 33.6. The van der Waals surface area contributed by atoms with Crippen molar-refractivity contribution in [1.82, 2.24) is 61.3 Å². The van der Waals surface area contributed by atoms with Gasteiger partial charge in [0.2, 0.25) is 65.0 Å². The molecule has 7 N–H and O–H groups in total. The van der Waals surface area contributed by atoms with E-state index in [9.17, 15) is 53.1 Å². The second-order valence-electron chi connectivity index (χ2n) is 27.2. The molecule has 2 aromatic rings. The smallest absolute Gasteiger partial charge is 0.248 e. The summed E-state index contributed by atoms with van der Waals surface area (Å²) in [5, 5.41) is 28.5. The molecule has 0 aliphatic carbocycles. The normalized spacial score (nSPS) is 26.8. The van der Waals surface area contributed by atoms with E-state index in [0.717, 1.165) is 11.3 Å². The van der Waals surface area contributed by atoms with Crippen LogP contribution in [-0.4, -0.2) is 227 Å². The van der Waals surface area contributed by atoms with E-state index in [0.29, 0.717) is 56.3 Å². The Hall–Kier alpha value is -7.47. The molecule has 0 spiro atoms. The molecular weight excluding hydrogens is 1190 g/mol. The molecule has 0 bridgehead atoms. The summed E-state index contributed by atoms with van der Waals surface area (Å²) >= 11 is 0. The highest BCUT2D eigenvalue weighted by molar-refractivity contribution is 5.99. The summed E-state index contributed by atoms with van der Waals surface area (Å²) in [5.74, 6) is -7.70. The largest absolute Gasteiger partial charge is 0.391 e. The van der Waals surface area contributed by atoms with Crippen molar-refractivity contribution in [1.29, 1.82) is 0 Å². The number of aliphatic hydroxyl groups is 1. The summed E-state index contributed by atoms with van der Waals surface area (Å²) in [6.07, 6.45) is 1.84. The maximum atomic E-state index is 15.1. The highest BCUT2D eigenvalue weighted by atomic mass is 16.3. The number of likely N-dealkylation sites (tertiary alicyclic amines) is 1. The van der Waals surface area contributed by atoms with E-state index in [1.807, 2.05) is 55.4 Å². The van der Waals surface area contributed by atoms with Crippen LogP contribution in [-0.2, 0) is 65.6 Å². The first kappa shape index (κ1) is 76.2. The zero-order chi connectivity index (χ0) is 69.0. The third-order valence-electron chi connectivity index (χ3n) is 18.4. The van der Waals surface area contributed by atoms with E-state index in [2.05, 4.69) is 31.9 Å². The molecule has 3 heterocycles. The standard InChI is InChI=1S/C69H108N12O12/c1-15-45(8)59-65(89)70-31-35-76(11)55(37-43(4)5)63(87)75-58(47(10)82)69(93)81-34-25-30-54(81)62(86)71-50(39-48-26-19-16-20-27-48)61(85)73-53(68(92)80-32-23-18-24-33-80)41-57(83)77(12)46(9)60(84)72-52(40-49-28-21-17-22-29-49)66(90)78(13)56(38-44(6)7)64(88)74-51(36-42(2)3)67(91)79(59)14/h16-17,19-22,26-29,42-47,50-56,58-59,82H,15,18,23-25,30-41H2,1-14H3,(H,70,89)(H,71,86)(H,72,84)(H,73,85)(H,74,88)(H,75,87)/t45-,46-,47+,50-,51-,52-,53-,54-,55-,56-,58-,59-/m0/s1. The quantitative estimate of drug-likeness (QED) is 0.143. The summed E-state index contributed by atoms with van der Waals surface area (Å²) in [5.41, 5.74) is 1.32. The average molecular weight is 1300 g/mol. The Morgan fingerprint density at radius 1 is 0.538 bits per heavy atom. The third-order valence-corrected chi connectivity index (χ3v) is 18.4. The zero-order valence-electron chi connectivity index (χ0n) is 57.6. The van der Waals surface area contributed by atoms with Gasteiger partial charge in [-0.05, 0) is 107 Å². The van der Waals surface area contributed by atoms with Gasteiger partial charge in [-0.3, -0.25) is 57.6 Å². The van der Waals surface area contributed by atoms with E-state index < -0.39 is 138 Å². The van der Waals surface area contributed by atoms with E-state index in [1.54, 1.807) is 77.5 Å². The molecule has 0 saturated carbocycles. The van der Waals surface area contributed by atoms with E-state index in [-0.39, 0.29) is 75.4 Å². The van der Waals surface area contributed by atoms with Crippen LogP contribution in [0.4, 0.5) is 0 Å². The predicted molar refractivity (Wildman–Crippen MR) is 354 cm³/mol. The molecule has 3 saturated heterocycles. The molecule has 3 aliphatic rings. The molecule has 3 aliphatic heterocycles. The van der Waals surface area contributed by atoms with Gasteiger partial charge in [0, 0.05) is 66.7 Å². The maximum absolute atomic E-state index is 15.1. The Labute approximate surface area is 551 Å². The molecule has 2 aromatic carbocycles. The topological polar surface area (TPSA) is 300 Å². The molecule has 3 fully saturated rings. The van der Waals surface area contributed by atoms with Gasteiger partial charge in [-0.1, -0.05) is 122 Å². The molecule has 93 heavy (non-hydrogen) atoms. The number of nitrogens with one attached hydrogen (secondary N) is 6. The second kappa shape index (κ2) is 36.3. The lowest BCUT2D eigenvalue weighted by Gasteiger charge is -2.36. The minimum atomic E-state index is -1.50. The maximum Gasteiger partial charge on any atom is 0.248 e. The summed E-state index contributed by atoms with van der Waals surface area (Å²) in [6.45, 7) is 19.0.